The largest absolute Gasteiger partial charge is 0.340 e. The third-order valence-electron chi connectivity index (χ3n) is 2.27. The van der Waals surface area contributed by atoms with Gasteiger partial charge in [-0.2, -0.15) is 0 Å². The Labute approximate surface area is 102 Å². The molecule has 82 valence electrons. The number of halogens is 1. The minimum Gasteiger partial charge on any atom is -0.340 e. The zero-order valence-electron chi connectivity index (χ0n) is 8.85. The van der Waals surface area contributed by atoms with Gasteiger partial charge in [0, 0.05) is 24.1 Å². The van der Waals surface area contributed by atoms with E-state index in [2.05, 4.69) is 20.9 Å². The smallest absolute Gasteiger partial charge is 0.187 e. The van der Waals surface area contributed by atoms with E-state index >= 15 is 0 Å². The lowest BCUT2D eigenvalue weighted by Crippen LogP contribution is -2.03. The van der Waals surface area contributed by atoms with Gasteiger partial charge < -0.3 is 4.57 Å². The zero-order valence-corrected chi connectivity index (χ0v) is 10.4. The van der Waals surface area contributed by atoms with Gasteiger partial charge >= 0.3 is 0 Å². The number of aromatic nitrogens is 2. The van der Waals surface area contributed by atoms with Crippen molar-refractivity contribution in [3.8, 4) is 0 Å². The summed E-state index contributed by atoms with van der Waals surface area (Å²) < 4.78 is 2.79. The Morgan fingerprint density at radius 2 is 2.06 bits per heavy atom. The number of hydrogen-bond donors (Lipinski definition) is 0. The number of aryl methyl sites for hydroxylation is 1. The topological polar surface area (TPSA) is 34.9 Å². The number of imidazole rings is 1. The molecule has 4 heteroatoms. The van der Waals surface area contributed by atoms with Gasteiger partial charge in [-0.05, 0) is 17.7 Å². The summed E-state index contributed by atoms with van der Waals surface area (Å²) in [5, 5.41) is 0. The molecule has 3 nitrogen and oxygen atoms in total. The van der Waals surface area contributed by atoms with E-state index in [1.165, 1.54) is 0 Å². The van der Waals surface area contributed by atoms with Gasteiger partial charge in [0.1, 0.15) is 5.69 Å². The summed E-state index contributed by atoms with van der Waals surface area (Å²) >= 11 is 3.36. The van der Waals surface area contributed by atoms with Gasteiger partial charge in [0.2, 0.25) is 0 Å². The van der Waals surface area contributed by atoms with Crippen molar-refractivity contribution in [3.05, 3.63) is 52.5 Å². The first-order valence-electron chi connectivity index (χ1n) is 4.91. The Bertz CT molecular complexity index is 502. The Morgan fingerprint density at radius 3 is 2.62 bits per heavy atom. The van der Waals surface area contributed by atoms with Crippen LogP contribution in [0.1, 0.15) is 16.1 Å². The van der Waals surface area contributed by atoms with E-state index in [1.54, 1.807) is 17.1 Å². The normalized spacial score (nSPS) is 10.4. The second-order valence-corrected chi connectivity index (χ2v) is 4.57. The molecule has 0 aliphatic rings. The summed E-state index contributed by atoms with van der Waals surface area (Å²) in [5.41, 5.74) is 1.52. The first kappa shape index (κ1) is 11.1. The molecule has 0 amide bonds. The molecular formula is C12H11BrN2O. The van der Waals surface area contributed by atoms with E-state index in [-0.39, 0.29) is 5.78 Å². The van der Waals surface area contributed by atoms with Crippen molar-refractivity contribution in [2.75, 3.05) is 0 Å². The summed E-state index contributed by atoms with van der Waals surface area (Å²) in [7, 11) is 1.85. The second kappa shape index (κ2) is 4.61. The fourth-order valence-corrected chi connectivity index (χ4v) is 1.70. The van der Waals surface area contributed by atoms with Crippen molar-refractivity contribution < 1.29 is 4.79 Å². The van der Waals surface area contributed by atoms with Crippen molar-refractivity contribution in [1.29, 1.82) is 0 Å². The molecule has 0 aliphatic heterocycles. The molecule has 0 unspecified atom stereocenters. The maximum Gasteiger partial charge on any atom is 0.187 e. The Hall–Kier alpha value is -1.42. The van der Waals surface area contributed by atoms with E-state index in [4.69, 9.17) is 0 Å². The Morgan fingerprint density at radius 1 is 1.38 bits per heavy atom. The van der Waals surface area contributed by atoms with Crippen molar-refractivity contribution in [3.63, 3.8) is 0 Å². The van der Waals surface area contributed by atoms with Crippen LogP contribution in [0.25, 0.3) is 0 Å². The van der Waals surface area contributed by atoms with Gasteiger partial charge in [0.25, 0.3) is 0 Å². The quantitative estimate of drug-likeness (QED) is 0.809. The van der Waals surface area contributed by atoms with E-state index in [0.29, 0.717) is 12.1 Å². The third-order valence-corrected chi connectivity index (χ3v) is 2.80. The Balaban J connectivity index is 2.10. The molecule has 0 spiro atoms. The van der Waals surface area contributed by atoms with Gasteiger partial charge in [-0.15, -0.1) is 0 Å². The standard InChI is InChI=1S/C12H11BrN2O/c1-15-7-11(14-8-15)12(16)6-9-2-4-10(13)5-3-9/h2-5,7-8H,6H2,1H3. The predicted octanol–water partition coefficient (Wildman–Crippen LogP) is 2.61. The highest BCUT2D eigenvalue weighted by atomic mass is 79.9. The van der Waals surface area contributed by atoms with Crippen LogP contribution in [0.2, 0.25) is 0 Å². The van der Waals surface area contributed by atoms with Crippen LogP contribution in [-0.2, 0) is 13.5 Å². The number of carbonyl (C=O) groups excluding carboxylic acids is 1. The number of nitrogens with zero attached hydrogens (tertiary/aromatic N) is 2. The van der Waals surface area contributed by atoms with Crippen molar-refractivity contribution in [2.24, 2.45) is 7.05 Å². The number of benzene rings is 1. The summed E-state index contributed by atoms with van der Waals surface area (Å²) in [4.78, 5) is 15.9. The average molecular weight is 279 g/mol. The monoisotopic (exact) mass is 278 g/mol. The molecule has 1 aromatic heterocycles. The highest BCUT2D eigenvalue weighted by molar-refractivity contribution is 9.10. The molecule has 0 N–H and O–H groups in total. The average Bonchev–Trinajstić information content (AvgIpc) is 2.68. The predicted molar refractivity (Wildman–Crippen MR) is 65.4 cm³/mol. The third kappa shape index (κ3) is 2.58. The lowest BCUT2D eigenvalue weighted by Gasteiger charge is -1.98. The molecule has 0 atom stereocenters. The Kier molecular flexibility index (Phi) is 3.19. The van der Waals surface area contributed by atoms with Gasteiger partial charge in [0.15, 0.2) is 5.78 Å². The van der Waals surface area contributed by atoms with Crippen LogP contribution in [0.5, 0.6) is 0 Å². The van der Waals surface area contributed by atoms with Crippen LogP contribution in [0.3, 0.4) is 0 Å². The molecule has 0 bridgehead atoms. The molecule has 0 saturated carbocycles. The van der Waals surface area contributed by atoms with Crippen LogP contribution in [0.15, 0.2) is 41.3 Å². The SMILES string of the molecule is Cn1cnc(C(=O)Cc2ccc(Br)cc2)c1. The maximum absolute atomic E-state index is 11.8. The molecule has 2 aromatic rings. The van der Waals surface area contributed by atoms with E-state index < -0.39 is 0 Å². The zero-order chi connectivity index (χ0) is 11.5. The lowest BCUT2D eigenvalue weighted by atomic mass is 10.1. The minimum atomic E-state index is 0.0444. The van der Waals surface area contributed by atoms with Crippen LogP contribution in [-0.4, -0.2) is 15.3 Å². The molecule has 1 aromatic carbocycles. The fraction of sp³-hybridized carbons (Fsp3) is 0.167. The number of carbonyl (C=O) groups is 1. The van der Waals surface area contributed by atoms with Crippen LogP contribution >= 0.6 is 15.9 Å². The van der Waals surface area contributed by atoms with Crippen molar-refractivity contribution in [1.82, 2.24) is 9.55 Å². The lowest BCUT2D eigenvalue weighted by molar-refractivity contribution is 0.0988. The summed E-state index contributed by atoms with van der Waals surface area (Å²) in [6.07, 6.45) is 3.76. The molecule has 1 heterocycles. The minimum absolute atomic E-state index is 0.0444. The van der Waals surface area contributed by atoms with Gasteiger partial charge in [-0.1, -0.05) is 28.1 Å². The van der Waals surface area contributed by atoms with Crippen molar-refractivity contribution in [2.45, 2.75) is 6.42 Å². The van der Waals surface area contributed by atoms with Crippen LogP contribution in [0.4, 0.5) is 0 Å². The van der Waals surface area contributed by atoms with Crippen molar-refractivity contribution >= 4 is 21.7 Å². The number of rotatable bonds is 3. The molecule has 0 radical (unpaired) electrons. The van der Waals surface area contributed by atoms with Crippen LogP contribution < -0.4 is 0 Å². The van der Waals surface area contributed by atoms with Gasteiger partial charge in [-0.25, -0.2) is 4.98 Å². The fourth-order valence-electron chi connectivity index (χ4n) is 1.44. The summed E-state index contributed by atoms with van der Waals surface area (Å²) in [6, 6.07) is 7.73. The maximum atomic E-state index is 11.8. The molecule has 0 saturated heterocycles. The number of Topliss-reactive ketones (excluding diaryl/α,β-unsaturated/α-hetero) is 1. The van der Waals surface area contributed by atoms with Gasteiger partial charge in [0.05, 0.1) is 6.33 Å². The number of hydrogen-bond acceptors (Lipinski definition) is 2. The highest BCUT2D eigenvalue weighted by Crippen LogP contribution is 2.12. The van der Waals surface area contributed by atoms with E-state index in [1.807, 2.05) is 31.3 Å². The summed E-state index contributed by atoms with van der Waals surface area (Å²) in [5.74, 6) is 0.0444. The first-order valence-corrected chi connectivity index (χ1v) is 5.70. The van der Waals surface area contributed by atoms with Crippen LogP contribution in [0, 0.1) is 0 Å². The molecule has 0 aliphatic carbocycles. The number of ketones is 1. The molecular weight excluding hydrogens is 268 g/mol. The van der Waals surface area contributed by atoms with E-state index in [9.17, 15) is 4.79 Å². The summed E-state index contributed by atoms with van der Waals surface area (Å²) in [6.45, 7) is 0. The molecule has 2 rings (SSSR count). The van der Waals surface area contributed by atoms with Gasteiger partial charge in [-0.3, -0.25) is 4.79 Å². The van der Waals surface area contributed by atoms with E-state index in [0.717, 1.165) is 10.0 Å². The second-order valence-electron chi connectivity index (χ2n) is 3.65. The molecule has 0 fully saturated rings. The highest BCUT2D eigenvalue weighted by Gasteiger charge is 2.09. The first-order chi connectivity index (χ1) is 7.65. The molecule has 16 heavy (non-hydrogen) atoms.